The number of phenols is 2. The van der Waals surface area contributed by atoms with Crippen molar-refractivity contribution >= 4 is 29.6 Å². The van der Waals surface area contributed by atoms with Gasteiger partial charge in [0.25, 0.3) is 5.91 Å². The van der Waals surface area contributed by atoms with Crippen molar-refractivity contribution in [2.75, 3.05) is 13.1 Å². The van der Waals surface area contributed by atoms with Crippen LogP contribution in [0.25, 0.3) is 0 Å². The molecule has 0 spiro atoms. The Morgan fingerprint density at radius 1 is 0.867 bits per heavy atom. The van der Waals surface area contributed by atoms with Gasteiger partial charge in [-0.15, -0.1) is 5.06 Å². The van der Waals surface area contributed by atoms with Gasteiger partial charge in [-0.25, -0.2) is 14.4 Å². The fraction of sp³-hybridized carbons (Fsp3) is 0.233. The molecule has 3 aromatic rings. The van der Waals surface area contributed by atoms with Crippen molar-refractivity contribution in [3.8, 4) is 11.5 Å². The molecule has 1 saturated heterocycles. The van der Waals surface area contributed by atoms with E-state index in [1.54, 1.807) is 0 Å². The number of amides is 1. The van der Waals surface area contributed by atoms with Crippen molar-refractivity contribution in [1.29, 1.82) is 0 Å². The second-order valence-corrected chi connectivity index (χ2v) is 9.89. The number of carboxylic acids is 1. The van der Waals surface area contributed by atoms with E-state index in [2.05, 4.69) is 10.2 Å². The number of hydrogen-bond donors (Lipinski definition) is 4. The second kappa shape index (κ2) is 13.5. The number of alkyl halides is 3. The number of carbonyl (C=O) groups is 5. The molecule has 4 N–H and O–H groups in total. The van der Waals surface area contributed by atoms with Gasteiger partial charge in [0.1, 0.15) is 17.6 Å². The average molecular weight is 631 g/mol. The third kappa shape index (κ3) is 7.94. The smallest absolute Gasteiger partial charge is 0.492 e. The molecule has 1 aliphatic rings. The Kier molecular flexibility index (Phi) is 9.72. The number of ketones is 1. The van der Waals surface area contributed by atoms with Crippen LogP contribution in [0.5, 0.6) is 11.5 Å². The largest absolute Gasteiger partial charge is 0.508 e. The molecule has 0 aliphatic carbocycles. The van der Waals surface area contributed by atoms with Gasteiger partial charge in [-0.2, -0.15) is 13.2 Å². The normalized spacial score (nSPS) is 17.0. The summed E-state index contributed by atoms with van der Waals surface area (Å²) < 4.78 is 44.1. The van der Waals surface area contributed by atoms with Crippen LogP contribution < -0.4 is 5.32 Å². The summed E-state index contributed by atoms with van der Waals surface area (Å²) in [5, 5.41) is 32.3. The summed E-state index contributed by atoms with van der Waals surface area (Å²) in [5.74, 6) is -7.01. The summed E-state index contributed by atoms with van der Waals surface area (Å²) in [6.45, 7) is -0.633. The molecule has 0 bridgehead atoms. The highest BCUT2D eigenvalue weighted by atomic mass is 19.4. The Labute approximate surface area is 252 Å². The van der Waals surface area contributed by atoms with Crippen LogP contribution in [0.1, 0.15) is 59.8 Å². The van der Waals surface area contributed by atoms with Crippen molar-refractivity contribution in [1.82, 2.24) is 10.4 Å². The molecule has 1 amide bonds. The zero-order chi connectivity index (χ0) is 32.9. The number of esters is 1. The number of aromatic carboxylic acids is 1. The first-order valence-corrected chi connectivity index (χ1v) is 13.3. The average Bonchev–Trinajstić information content (AvgIpc) is 3.17. The number of carbonyl (C=O) groups excluding carboxylic acids is 4. The third-order valence-electron chi connectivity index (χ3n) is 6.78. The number of ether oxygens (including phenoxy) is 1. The zero-order valence-electron chi connectivity index (χ0n) is 23.1. The zero-order valence-corrected chi connectivity index (χ0v) is 23.1. The van der Waals surface area contributed by atoms with Crippen molar-refractivity contribution in [3.63, 3.8) is 0 Å². The lowest BCUT2D eigenvalue weighted by Gasteiger charge is -2.28. The van der Waals surface area contributed by atoms with Crippen LogP contribution >= 0.6 is 0 Å². The number of rotatable bonds is 8. The summed E-state index contributed by atoms with van der Waals surface area (Å²) in [6, 6.07) is 12.3. The van der Waals surface area contributed by atoms with Gasteiger partial charge in [-0.1, -0.05) is 18.2 Å². The number of phenolic OH excluding ortho intramolecular Hbond substituents is 2. The second-order valence-electron chi connectivity index (χ2n) is 9.89. The molecule has 1 heterocycles. The number of hydrogen-bond acceptors (Lipinski definition) is 10. The molecule has 0 radical (unpaired) electrons. The van der Waals surface area contributed by atoms with Crippen LogP contribution in [0.4, 0.5) is 13.2 Å². The van der Waals surface area contributed by atoms with E-state index in [0.29, 0.717) is 0 Å². The molecule has 15 heteroatoms. The SMILES string of the molecule is O=C(NC1CN(OC(=O)C(F)(F)F)CCCC1OC(=O)c1ccc(C(=O)c2c(O)cccc2C(=O)O)cc1)c1ccc(O)cc1. The maximum atomic E-state index is 13.1. The van der Waals surface area contributed by atoms with Crippen LogP contribution in [0.3, 0.4) is 0 Å². The van der Waals surface area contributed by atoms with Crippen LogP contribution in [-0.4, -0.2) is 81.4 Å². The maximum absolute atomic E-state index is 13.1. The van der Waals surface area contributed by atoms with E-state index in [9.17, 15) is 52.5 Å². The first kappa shape index (κ1) is 32.5. The highest BCUT2D eigenvalue weighted by molar-refractivity contribution is 6.16. The van der Waals surface area contributed by atoms with Gasteiger partial charge in [0, 0.05) is 17.7 Å². The van der Waals surface area contributed by atoms with Crippen LogP contribution in [0.15, 0.2) is 66.7 Å². The minimum absolute atomic E-state index is 0.0498. The van der Waals surface area contributed by atoms with Crippen molar-refractivity contribution < 1.29 is 62.0 Å². The quantitative estimate of drug-likeness (QED) is 0.212. The van der Waals surface area contributed by atoms with Gasteiger partial charge in [0.15, 0.2) is 5.78 Å². The van der Waals surface area contributed by atoms with Gasteiger partial charge in [-0.05, 0) is 61.4 Å². The molecule has 1 aliphatic heterocycles. The Hall–Kier alpha value is -5.44. The number of nitrogens with zero attached hydrogens (tertiary/aromatic N) is 1. The van der Waals surface area contributed by atoms with E-state index in [1.807, 2.05) is 0 Å². The Balaban J connectivity index is 1.53. The highest BCUT2D eigenvalue weighted by Crippen LogP contribution is 2.26. The highest BCUT2D eigenvalue weighted by Gasteiger charge is 2.43. The van der Waals surface area contributed by atoms with Gasteiger partial charge in [0.05, 0.1) is 29.3 Å². The molecule has 0 aromatic heterocycles. The van der Waals surface area contributed by atoms with E-state index in [-0.39, 0.29) is 41.8 Å². The summed E-state index contributed by atoms with van der Waals surface area (Å²) in [4.78, 5) is 66.4. The molecule has 1 fully saturated rings. The number of benzene rings is 3. The lowest BCUT2D eigenvalue weighted by atomic mass is 9.96. The summed E-state index contributed by atoms with van der Waals surface area (Å²) in [5.41, 5.74) is -0.896. The van der Waals surface area contributed by atoms with E-state index >= 15 is 0 Å². The first-order chi connectivity index (χ1) is 21.2. The van der Waals surface area contributed by atoms with Crippen LogP contribution in [0.2, 0.25) is 0 Å². The molecule has 12 nitrogen and oxygen atoms in total. The molecule has 3 aromatic carbocycles. The molecule has 4 rings (SSSR count). The lowest BCUT2D eigenvalue weighted by molar-refractivity contribution is -0.239. The Morgan fingerprint density at radius 2 is 1.49 bits per heavy atom. The number of halogens is 3. The Morgan fingerprint density at radius 3 is 2.11 bits per heavy atom. The monoisotopic (exact) mass is 630 g/mol. The number of carboxylic acid groups (broad SMARTS) is 1. The van der Waals surface area contributed by atoms with Crippen molar-refractivity contribution in [3.05, 3.63) is 94.5 Å². The topological polar surface area (TPSA) is 180 Å². The molecular weight excluding hydrogens is 605 g/mol. The van der Waals surface area contributed by atoms with Gasteiger partial charge < -0.3 is 30.2 Å². The lowest BCUT2D eigenvalue weighted by Crippen LogP contribution is -2.50. The van der Waals surface area contributed by atoms with Crippen LogP contribution in [-0.2, 0) is 14.4 Å². The molecule has 2 unspecified atom stereocenters. The van der Waals surface area contributed by atoms with Crippen LogP contribution in [0, 0.1) is 0 Å². The standard InChI is InChI=1S/C30H25F3N2O10/c31-30(32,33)29(43)45-35-14-2-5-23(21(15-35)34-26(39)17-10-12-19(36)13-11-17)44-28(42)18-8-6-16(7-9-18)25(38)24-20(27(40)41)3-1-4-22(24)37/h1,3-4,6-13,21,23,36-37H,2,5,14-15H2,(H,34,39)(H,40,41). The van der Waals surface area contributed by atoms with E-state index in [1.165, 1.54) is 54.6 Å². The summed E-state index contributed by atoms with van der Waals surface area (Å²) in [6.07, 6.45) is -6.22. The number of hydroxylamine groups is 2. The fourth-order valence-electron chi connectivity index (χ4n) is 4.56. The summed E-state index contributed by atoms with van der Waals surface area (Å²) in [7, 11) is 0. The molecule has 2 atom stereocenters. The van der Waals surface area contributed by atoms with Gasteiger partial charge in [0.2, 0.25) is 0 Å². The number of aromatic hydroxyl groups is 2. The third-order valence-corrected chi connectivity index (χ3v) is 6.78. The summed E-state index contributed by atoms with van der Waals surface area (Å²) >= 11 is 0. The van der Waals surface area contributed by atoms with Crippen molar-refractivity contribution in [2.45, 2.75) is 31.2 Å². The molecule has 0 saturated carbocycles. The van der Waals surface area contributed by atoms with Gasteiger partial charge >= 0.3 is 24.1 Å². The minimum atomic E-state index is -5.27. The van der Waals surface area contributed by atoms with E-state index in [0.717, 1.165) is 17.2 Å². The molecular formula is C30H25F3N2O10. The predicted octanol–water partition coefficient (Wildman–Crippen LogP) is 3.47. The fourth-order valence-corrected chi connectivity index (χ4v) is 4.56. The first-order valence-electron chi connectivity index (χ1n) is 13.3. The minimum Gasteiger partial charge on any atom is -0.508 e. The number of nitrogens with one attached hydrogen (secondary N) is 1. The van der Waals surface area contributed by atoms with Crippen molar-refractivity contribution in [2.24, 2.45) is 0 Å². The maximum Gasteiger partial charge on any atom is 0.492 e. The van der Waals surface area contributed by atoms with E-state index < -0.39 is 71.3 Å². The molecule has 236 valence electrons. The predicted molar refractivity (Wildman–Crippen MR) is 146 cm³/mol. The van der Waals surface area contributed by atoms with Gasteiger partial charge in [-0.3, -0.25) is 9.59 Å². The van der Waals surface area contributed by atoms with E-state index in [4.69, 9.17) is 4.74 Å². The molecule has 45 heavy (non-hydrogen) atoms. The Bertz CT molecular complexity index is 1610.